The van der Waals surface area contributed by atoms with Gasteiger partial charge in [-0.05, 0) is 25.1 Å². The summed E-state index contributed by atoms with van der Waals surface area (Å²) in [4.78, 5) is 11.2. The summed E-state index contributed by atoms with van der Waals surface area (Å²) in [6.07, 6.45) is 0. The molecule has 0 unspecified atom stereocenters. The second kappa shape index (κ2) is 7.43. The van der Waals surface area contributed by atoms with Crippen LogP contribution in [-0.2, 0) is 4.74 Å². The Hall–Kier alpha value is -1.90. The lowest BCUT2D eigenvalue weighted by molar-refractivity contribution is 0.0992. The third kappa shape index (κ3) is 4.17. The van der Waals surface area contributed by atoms with Gasteiger partial charge in [-0.1, -0.05) is 0 Å². The van der Waals surface area contributed by atoms with Gasteiger partial charge < -0.3 is 15.2 Å². The van der Waals surface area contributed by atoms with E-state index in [1.165, 1.54) is 6.92 Å². The summed E-state index contributed by atoms with van der Waals surface area (Å²) in [5.74, 6) is -0.0425. The van der Waals surface area contributed by atoms with Gasteiger partial charge >= 0.3 is 0 Å². The lowest BCUT2D eigenvalue weighted by Gasteiger charge is -2.09. The number of Topliss-reactive ketones (excluding diaryl/α,β-unsaturated/α-hetero) is 1. The minimum Gasteiger partial charge on any atom is -0.394 e. The lowest BCUT2D eigenvalue weighted by Crippen LogP contribution is -2.12. The molecule has 1 aromatic rings. The van der Waals surface area contributed by atoms with Gasteiger partial charge in [0.2, 0.25) is 0 Å². The van der Waals surface area contributed by atoms with Crippen LogP contribution in [0.5, 0.6) is 0 Å². The Morgan fingerprint density at radius 2 is 2.28 bits per heavy atom. The maximum Gasteiger partial charge on any atom is 0.159 e. The lowest BCUT2D eigenvalue weighted by atomic mass is 10.1. The summed E-state index contributed by atoms with van der Waals surface area (Å²) in [7, 11) is 0. The van der Waals surface area contributed by atoms with Gasteiger partial charge in [-0.2, -0.15) is 5.26 Å². The molecule has 0 fully saturated rings. The molecule has 0 saturated heterocycles. The zero-order valence-electron chi connectivity index (χ0n) is 10.3. The number of anilines is 1. The Bertz CT molecular complexity index is 452. The molecule has 0 bridgehead atoms. The van der Waals surface area contributed by atoms with E-state index in [0.29, 0.717) is 36.6 Å². The van der Waals surface area contributed by atoms with Crippen molar-refractivity contribution in [3.05, 3.63) is 29.3 Å². The number of nitriles is 1. The standard InChI is InChI=1S/C13H16N2O3/c1-10(17)11-2-3-12(9-14)13(8-11)15-4-6-18-7-5-16/h2-3,8,15-16H,4-7H2,1H3. The smallest absolute Gasteiger partial charge is 0.159 e. The van der Waals surface area contributed by atoms with Crippen molar-refractivity contribution in [3.8, 4) is 6.07 Å². The Kier molecular flexibility index (Phi) is 5.85. The minimum absolute atomic E-state index is 0.0106. The van der Waals surface area contributed by atoms with Crippen LogP contribution in [0.1, 0.15) is 22.8 Å². The molecule has 5 nitrogen and oxygen atoms in total. The van der Waals surface area contributed by atoms with Gasteiger partial charge in [0.05, 0.1) is 31.1 Å². The van der Waals surface area contributed by atoms with Gasteiger partial charge in [-0.15, -0.1) is 0 Å². The fraction of sp³-hybridized carbons (Fsp3) is 0.385. The Balaban J connectivity index is 2.65. The quantitative estimate of drug-likeness (QED) is 0.559. The average Bonchev–Trinajstić information content (AvgIpc) is 2.38. The molecular weight excluding hydrogens is 232 g/mol. The molecule has 0 aromatic heterocycles. The number of nitrogens with zero attached hydrogens (tertiary/aromatic N) is 1. The van der Waals surface area contributed by atoms with Crippen molar-refractivity contribution in [1.29, 1.82) is 5.26 Å². The van der Waals surface area contributed by atoms with Crippen molar-refractivity contribution >= 4 is 11.5 Å². The van der Waals surface area contributed by atoms with Crippen LogP contribution in [0.25, 0.3) is 0 Å². The molecule has 0 heterocycles. The normalized spacial score (nSPS) is 9.83. The molecule has 0 amide bonds. The van der Waals surface area contributed by atoms with Crippen LogP contribution in [0.15, 0.2) is 18.2 Å². The van der Waals surface area contributed by atoms with Crippen LogP contribution in [0.3, 0.4) is 0 Å². The van der Waals surface area contributed by atoms with Gasteiger partial charge in [0, 0.05) is 12.1 Å². The average molecular weight is 248 g/mol. The predicted molar refractivity (Wildman–Crippen MR) is 67.6 cm³/mol. The largest absolute Gasteiger partial charge is 0.394 e. The Labute approximate surface area is 106 Å². The van der Waals surface area contributed by atoms with E-state index in [0.717, 1.165) is 0 Å². The molecule has 0 aliphatic heterocycles. The molecule has 18 heavy (non-hydrogen) atoms. The number of ether oxygens (including phenoxy) is 1. The van der Waals surface area contributed by atoms with Crippen LogP contribution >= 0.6 is 0 Å². The summed E-state index contributed by atoms with van der Waals surface area (Å²) >= 11 is 0. The number of nitrogens with one attached hydrogen (secondary N) is 1. The van der Waals surface area contributed by atoms with E-state index in [1.807, 2.05) is 0 Å². The fourth-order valence-electron chi connectivity index (χ4n) is 1.43. The molecule has 1 rings (SSSR count). The SMILES string of the molecule is CC(=O)c1ccc(C#N)c(NCCOCCO)c1. The van der Waals surface area contributed by atoms with E-state index >= 15 is 0 Å². The topological polar surface area (TPSA) is 82.4 Å². The molecule has 0 atom stereocenters. The Morgan fingerprint density at radius 3 is 2.89 bits per heavy atom. The van der Waals surface area contributed by atoms with Crippen molar-refractivity contribution in [2.45, 2.75) is 6.92 Å². The van der Waals surface area contributed by atoms with Crippen LogP contribution in [-0.4, -0.2) is 37.3 Å². The van der Waals surface area contributed by atoms with Crippen molar-refractivity contribution in [1.82, 2.24) is 0 Å². The summed E-state index contributed by atoms with van der Waals surface area (Å²) in [5.41, 5.74) is 1.67. The van der Waals surface area contributed by atoms with Gasteiger partial charge in [0.15, 0.2) is 5.78 Å². The van der Waals surface area contributed by atoms with Gasteiger partial charge in [0.1, 0.15) is 6.07 Å². The third-order valence-corrected chi connectivity index (χ3v) is 2.34. The molecule has 96 valence electrons. The molecule has 1 aromatic carbocycles. The number of hydrogen-bond acceptors (Lipinski definition) is 5. The van der Waals surface area contributed by atoms with Gasteiger partial charge in [-0.25, -0.2) is 0 Å². The highest BCUT2D eigenvalue weighted by atomic mass is 16.5. The number of aliphatic hydroxyl groups excluding tert-OH is 1. The second-order valence-electron chi connectivity index (χ2n) is 3.69. The maximum absolute atomic E-state index is 11.2. The minimum atomic E-state index is -0.0425. The number of hydrogen-bond donors (Lipinski definition) is 2. The monoisotopic (exact) mass is 248 g/mol. The van der Waals surface area contributed by atoms with Crippen LogP contribution in [0.4, 0.5) is 5.69 Å². The first kappa shape index (κ1) is 14.2. The van der Waals surface area contributed by atoms with Crippen molar-refractivity contribution in [3.63, 3.8) is 0 Å². The molecule has 0 radical (unpaired) electrons. The van der Waals surface area contributed by atoms with E-state index in [9.17, 15) is 4.79 Å². The first-order valence-electron chi connectivity index (χ1n) is 5.66. The summed E-state index contributed by atoms with van der Waals surface area (Å²) < 4.78 is 5.09. The van der Waals surface area contributed by atoms with Crippen LogP contribution in [0, 0.1) is 11.3 Å². The maximum atomic E-state index is 11.2. The van der Waals surface area contributed by atoms with Crippen molar-refractivity contribution in [2.24, 2.45) is 0 Å². The molecule has 5 heteroatoms. The number of ketones is 1. The van der Waals surface area contributed by atoms with Gasteiger partial charge in [-0.3, -0.25) is 4.79 Å². The highest BCUT2D eigenvalue weighted by Crippen LogP contribution is 2.17. The molecule has 0 aliphatic carbocycles. The fourth-order valence-corrected chi connectivity index (χ4v) is 1.43. The van der Waals surface area contributed by atoms with E-state index < -0.39 is 0 Å². The van der Waals surface area contributed by atoms with E-state index in [1.54, 1.807) is 18.2 Å². The highest BCUT2D eigenvalue weighted by Gasteiger charge is 2.05. The zero-order valence-corrected chi connectivity index (χ0v) is 10.3. The van der Waals surface area contributed by atoms with E-state index in [2.05, 4.69) is 11.4 Å². The van der Waals surface area contributed by atoms with E-state index in [-0.39, 0.29) is 12.4 Å². The number of aliphatic hydroxyl groups is 1. The zero-order chi connectivity index (χ0) is 13.4. The third-order valence-electron chi connectivity index (χ3n) is 2.34. The number of benzene rings is 1. The van der Waals surface area contributed by atoms with Gasteiger partial charge in [0.25, 0.3) is 0 Å². The molecular formula is C13H16N2O3. The first-order valence-corrected chi connectivity index (χ1v) is 5.66. The number of carbonyl (C=O) groups excluding carboxylic acids is 1. The van der Waals surface area contributed by atoms with E-state index in [4.69, 9.17) is 15.1 Å². The highest BCUT2D eigenvalue weighted by molar-refractivity contribution is 5.95. The van der Waals surface area contributed by atoms with Crippen LogP contribution in [0.2, 0.25) is 0 Å². The predicted octanol–water partition coefficient (Wildman–Crippen LogP) is 1.18. The molecule has 0 saturated carbocycles. The van der Waals surface area contributed by atoms with Crippen LogP contribution < -0.4 is 5.32 Å². The number of rotatable bonds is 7. The molecule has 2 N–H and O–H groups in total. The second-order valence-corrected chi connectivity index (χ2v) is 3.69. The summed E-state index contributed by atoms with van der Waals surface area (Å²) in [6, 6.07) is 6.97. The number of carbonyl (C=O) groups is 1. The molecule has 0 spiro atoms. The summed E-state index contributed by atoms with van der Waals surface area (Å²) in [5, 5.41) is 20.5. The molecule has 0 aliphatic rings. The Morgan fingerprint density at radius 1 is 1.50 bits per heavy atom. The van der Waals surface area contributed by atoms with Crippen molar-refractivity contribution in [2.75, 3.05) is 31.7 Å². The first-order chi connectivity index (χ1) is 8.69. The summed E-state index contributed by atoms with van der Waals surface area (Å²) in [6.45, 7) is 2.70. The van der Waals surface area contributed by atoms with Crippen molar-refractivity contribution < 1.29 is 14.6 Å².